The summed E-state index contributed by atoms with van der Waals surface area (Å²) in [5.74, 6) is 0. The quantitative estimate of drug-likeness (QED) is 0.644. The SMILES string of the molecule is C=CS(=O)(=O)N1Cc2cc(C#N)ccc2N(Cc2cnc[nH]2)CC1Cc1ccccc1. The molecule has 0 amide bonds. The molecular formula is C23H23N5O2S. The van der Waals surface area contributed by atoms with Crippen LogP contribution in [0.2, 0.25) is 0 Å². The fraction of sp³-hybridized carbons (Fsp3) is 0.217. The maximum absolute atomic E-state index is 13.0. The van der Waals surface area contributed by atoms with Crippen LogP contribution in [0.1, 0.15) is 22.4 Å². The van der Waals surface area contributed by atoms with Crippen LogP contribution in [0.25, 0.3) is 0 Å². The number of rotatable bonds is 6. The highest BCUT2D eigenvalue weighted by Gasteiger charge is 2.34. The van der Waals surface area contributed by atoms with Crippen molar-refractivity contribution in [3.05, 3.63) is 95.4 Å². The predicted octanol–water partition coefficient (Wildman–Crippen LogP) is 3.19. The number of anilines is 1. The van der Waals surface area contributed by atoms with Crippen molar-refractivity contribution in [2.24, 2.45) is 0 Å². The third kappa shape index (κ3) is 4.53. The molecule has 0 saturated heterocycles. The second-order valence-electron chi connectivity index (χ2n) is 7.51. The number of aromatic nitrogens is 2. The Hall–Kier alpha value is -3.41. The number of nitrogens with zero attached hydrogens (tertiary/aromatic N) is 4. The highest BCUT2D eigenvalue weighted by Crippen LogP contribution is 2.32. The van der Waals surface area contributed by atoms with Gasteiger partial charge in [0.1, 0.15) is 0 Å². The van der Waals surface area contributed by atoms with Crippen molar-refractivity contribution >= 4 is 15.7 Å². The summed E-state index contributed by atoms with van der Waals surface area (Å²) in [5.41, 5.74) is 4.18. The van der Waals surface area contributed by atoms with Crippen LogP contribution >= 0.6 is 0 Å². The lowest BCUT2D eigenvalue weighted by atomic mass is 10.1. The summed E-state index contributed by atoms with van der Waals surface area (Å²) in [6, 6.07) is 17.1. The molecule has 1 unspecified atom stereocenters. The average Bonchev–Trinajstić information content (AvgIpc) is 3.24. The van der Waals surface area contributed by atoms with E-state index in [0.29, 0.717) is 25.1 Å². The number of aromatic amines is 1. The Kier molecular flexibility index (Phi) is 5.89. The van der Waals surface area contributed by atoms with Crippen molar-refractivity contribution in [3.63, 3.8) is 0 Å². The molecule has 1 aromatic heterocycles. The molecule has 0 fully saturated rings. The molecule has 4 rings (SSSR count). The van der Waals surface area contributed by atoms with Crippen LogP contribution < -0.4 is 4.90 Å². The zero-order valence-electron chi connectivity index (χ0n) is 17.0. The van der Waals surface area contributed by atoms with E-state index in [0.717, 1.165) is 27.9 Å². The molecule has 0 spiro atoms. The Bertz CT molecular complexity index is 1200. The minimum absolute atomic E-state index is 0.177. The van der Waals surface area contributed by atoms with Crippen molar-refractivity contribution < 1.29 is 8.42 Å². The van der Waals surface area contributed by atoms with Crippen molar-refractivity contribution in [2.45, 2.75) is 25.6 Å². The summed E-state index contributed by atoms with van der Waals surface area (Å²) in [7, 11) is -3.69. The summed E-state index contributed by atoms with van der Waals surface area (Å²) in [5, 5.41) is 10.4. The highest BCUT2D eigenvalue weighted by atomic mass is 32.2. The number of imidazole rings is 1. The Morgan fingerprint density at radius 1 is 1.26 bits per heavy atom. The largest absolute Gasteiger partial charge is 0.364 e. The van der Waals surface area contributed by atoms with Crippen molar-refractivity contribution in [2.75, 3.05) is 11.4 Å². The molecular weight excluding hydrogens is 410 g/mol. The normalized spacial score (nSPS) is 16.9. The van der Waals surface area contributed by atoms with E-state index in [9.17, 15) is 13.7 Å². The van der Waals surface area contributed by atoms with E-state index in [1.165, 1.54) is 4.31 Å². The summed E-state index contributed by atoms with van der Waals surface area (Å²) in [6.45, 7) is 4.75. The maximum Gasteiger partial charge on any atom is 0.236 e. The number of nitriles is 1. The Balaban J connectivity index is 1.80. The van der Waals surface area contributed by atoms with Crippen LogP contribution in [-0.4, -0.2) is 35.3 Å². The van der Waals surface area contributed by atoms with Gasteiger partial charge in [0.05, 0.1) is 30.2 Å². The van der Waals surface area contributed by atoms with Crippen molar-refractivity contribution in [1.82, 2.24) is 14.3 Å². The fourth-order valence-corrected chi connectivity index (χ4v) is 5.07. The molecule has 1 aliphatic rings. The molecule has 2 aromatic carbocycles. The predicted molar refractivity (Wildman–Crippen MR) is 119 cm³/mol. The molecule has 31 heavy (non-hydrogen) atoms. The fourth-order valence-electron chi connectivity index (χ4n) is 4.00. The van der Waals surface area contributed by atoms with E-state index < -0.39 is 10.0 Å². The molecule has 0 saturated carbocycles. The van der Waals surface area contributed by atoms with Gasteiger partial charge in [0.15, 0.2) is 0 Å². The Labute approximate surface area is 182 Å². The summed E-state index contributed by atoms with van der Waals surface area (Å²) in [6.07, 6.45) is 3.95. The molecule has 0 radical (unpaired) electrons. The van der Waals surface area contributed by atoms with Gasteiger partial charge in [-0.2, -0.15) is 9.57 Å². The van der Waals surface area contributed by atoms with Gasteiger partial charge in [-0.25, -0.2) is 13.4 Å². The molecule has 158 valence electrons. The van der Waals surface area contributed by atoms with E-state index in [-0.39, 0.29) is 12.6 Å². The second-order valence-corrected chi connectivity index (χ2v) is 9.35. The van der Waals surface area contributed by atoms with Crippen LogP contribution in [-0.2, 0) is 29.5 Å². The molecule has 1 N–H and O–H groups in total. The van der Waals surface area contributed by atoms with Gasteiger partial charge in [0.2, 0.25) is 10.0 Å². The molecule has 0 bridgehead atoms. The Morgan fingerprint density at radius 3 is 2.74 bits per heavy atom. The van der Waals surface area contributed by atoms with E-state index in [1.807, 2.05) is 36.4 Å². The monoisotopic (exact) mass is 433 g/mol. The van der Waals surface area contributed by atoms with Crippen LogP contribution in [0, 0.1) is 11.3 Å². The molecule has 2 heterocycles. The zero-order valence-corrected chi connectivity index (χ0v) is 17.8. The number of sulfonamides is 1. The first-order chi connectivity index (χ1) is 15.0. The van der Waals surface area contributed by atoms with E-state index in [1.54, 1.807) is 24.7 Å². The number of hydrogen-bond acceptors (Lipinski definition) is 5. The third-order valence-electron chi connectivity index (χ3n) is 5.48. The van der Waals surface area contributed by atoms with Crippen molar-refractivity contribution in [1.29, 1.82) is 5.26 Å². The van der Waals surface area contributed by atoms with E-state index in [4.69, 9.17) is 0 Å². The smallest absolute Gasteiger partial charge is 0.236 e. The number of nitrogens with one attached hydrogen (secondary N) is 1. The van der Waals surface area contributed by atoms with Gasteiger partial charge in [0.25, 0.3) is 0 Å². The minimum Gasteiger partial charge on any atom is -0.364 e. The first-order valence-electron chi connectivity index (χ1n) is 9.93. The first kappa shape index (κ1) is 20.8. The van der Waals surface area contributed by atoms with Gasteiger partial charge in [0, 0.05) is 36.4 Å². The zero-order chi connectivity index (χ0) is 21.8. The molecule has 7 nitrogen and oxygen atoms in total. The lowest BCUT2D eigenvalue weighted by Crippen LogP contribution is -2.45. The number of fused-ring (bicyclic) bond motifs is 1. The highest BCUT2D eigenvalue weighted by molar-refractivity contribution is 7.92. The number of hydrogen-bond donors (Lipinski definition) is 1. The number of H-pyrrole nitrogens is 1. The molecule has 1 atom stereocenters. The number of benzene rings is 2. The average molecular weight is 434 g/mol. The standard InChI is InChI=1S/C23H23N5O2S/c1-2-31(29,30)28-14-20-10-19(12-24)8-9-23(20)27(15-21-13-25-17-26-21)16-22(28)11-18-6-4-3-5-7-18/h2-10,13,17,22H,1,11,14-16H2,(H,25,26). The molecule has 0 aliphatic carbocycles. The van der Waals surface area contributed by atoms with Gasteiger partial charge in [-0.15, -0.1) is 0 Å². The van der Waals surface area contributed by atoms with Gasteiger partial charge >= 0.3 is 0 Å². The first-order valence-corrected chi connectivity index (χ1v) is 11.4. The lowest BCUT2D eigenvalue weighted by molar-refractivity contribution is 0.322. The maximum atomic E-state index is 13.0. The topological polar surface area (TPSA) is 93.1 Å². The molecule has 1 aliphatic heterocycles. The van der Waals surface area contributed by atoms with Gasteiger partial charge < -0.3 is 9.88 Å². The van der Waals surface area contributed by atoms with Crippen molar-refractivity contribution in [3.8, 4) is 6.07 Å². The van der Waals surface area contributed by atoms with Crippen LogP contribution in [0.5, 0.6) is 0 Å². The minimum atomic E-state index is -3.69. The Morgan fingerprint density at radius 2 is 2.06 bits per heavy atom. The van der Waals surface area contributed by atoms with Crippen LogP contribution in [0.15, 0.2) is 73.0 Å². The van der Waals surface area contributed by atoms with Crippen LogP contribution in [0.3, 0.4) is 0 Å². The summed E-state index contributed by atoms with van der Waals surface area (Å²) < 4.78 is 27.5. The molecule has 3 aromatic rings. The van der Waals surface area contributed by atoms with Gasteiger partial charge in [-0.05, 0) is 35.7 Å². The van der Waals surface area contributed by atoms with Crippen LogP contribution in [0.4, 0.5) is 5.69 Å². The lowest BCUT2D eigenvalue weighted by Gasteiger charge is -2.31. The van der Waals surface area contributed by atoms with E-state index in [2.05, 4.69) is 27.5 Å². The second kappa shape index (κ2) is 8.76. The summed E-state index contributed by atoms with van der Waals surface area (Å²) >= 11 is 0. The van der Waals surface area contributed by atoms with Gasteiger partial charge in [-0.1, -0.05) is 36.9 Å². The summed E-state index contributed by atoms with van der Waals surface area (Å²) in [4.78, 5) is 9.38. The van der Waals surface area contributed by atoms with E-state index >= 15 is 0 Å². The van der Waals surface area contributed by atoms with Gasteiger partial charge in [-0.3, -0.25) is 0 Å². The molecule has 8 heteroatoms. The third-order valence-corrected chi connectivity index (χ3v) is 6.98.